The number of nitrogens with zero attached hydrogens (tertiary/aromatic N) is 1. The summed E-state index contributed by atoms with van der Waals surface area (Å²) in [6.07, 6.45) is 6.90. The normalized spacial score (nSPS) is 10.2. The van der Waals surface area contributed by atoms with Gasteiger partial charge in [-0.1, -0.05) is 13.0 Å². The van der Waals surface area contributed by atoms with Gasteiger partial charge in [0.15, 0.2) is 12.4 Å². The Morgan fingerprint density at radius 1 is 1.67 bits per heavy atom. The first-order valence-corrected chi connectivity index (χ1v) is 4.63. The number of pyridine rings is 1. The van der Waals surface area contributed by atoms with E-state index in [1.807, 2.05) is 13.0 Å². The summed E-state index contributed by atoms with van der Waals surface area (Å²) in [6.45, 7) is 1.98. The molecule has 1 rings (SSSR count). The molecule has 80 valence electrons. The minimum atomic E-state index is -0.346. The first kappa shape index (κ1) is 11.0. The lowest BCUT2D eigenvalue weighted by molar-refractivity contribution is -0.605. The minimum Gasteiger partial charge on any atom is -0.619 e. The molecule has 0 radical (unpaired) electrons. The molecule has 0 unspecified atom stereocenters. The average Bonchev–Trinajstić information content (AvgIpc) is 2.24. The number of hydrogen-bond donors (Lipinski definition) is 2. The third kappa shape index (κ3) is 3.68. The Morgan fingerprint density at radius 3 is 3.13 bits per heavy atom. The lowest BCUT2D eigenvalue weighted by atomic mass is 10.3. The molecule has 0 saturated carbocycles. The molecule has 15 heavy (non-hydrogen) atoms. The maximum Gasteiger partial charge on any atom is 0.275 e. The summed E-state index contributed by atoms with van der Waals surface area (Å²) in [7, 11) is 0. The molecule has 1 aromatic heterocycles. The molecular weight excluding hydrogens is 194 g/mol. The van der Waals surface area contributed by atoms with E-state index in [0.29, 0.717) is 10.3 Å². The van der Waals surface area contributed by atoms with Crippen LogP contribution in [0.2, 0.25) is 0 Å². The predicted molar refractivity (Wildman–Crippen MR) is 55.4 cm³/mol. The summed E-state index contributed by atoms with van der Waals surface area (Å²) in [5, 5.41) is 10.9. The van der Waals surface area contributed by atoms with E-state index in [1.165, 1.54) is 18.5 Å². The van der Waals surface area contributed by atoms with Gasteiger partial charge in [0.1, 0.15) is 5.56 Å². The predicted octanol–water partition coefficient (Wildman–Crippen LogP) is 0.478. The maximum atomic E-state index is 11.4. The van der Waals surface area contributed by atoms with E-state index in [-0.39, 0.29) is 5.91 Å². The fraction of sp³-hybridized carbons (Fsp3) is 0.200. The smallest absolute Gasteiger partial charge is 0.275 e. The molecule has 0 atom stereocenters. The number of allylic oxidation sites excluding steroid dienone is 1. The minimum absolute atomic E-state index is 0.310. The van der Waals surface area contributed by atoms with Crippen LogP contribution >= 0.6 is 0 Å². The van der Waals surface area contributed by atoms with Crippen LogP contribution in [0.1, 0.15) is 23.7 Å². The monoisotopic (exact) mass is 207 g/mol. The Morgan fingerprint density at radius 2 is 2.47 bits per heavy atom. The number of nitrogens with one attached hydrogen (secondary N) is 2. The number of carbonyl (C=O) groups is 1. The van der Waals surface area contributed by atoms with Crippen molar-refractivity contribution in [2.24, 2.45) is 0 Å². The second kappa shape index (κ2) is 5.64. The first-order valence-electron chi connectivity index (χ1n) is 4.63. The van der Waals surface area contributed by atoms with Gasteiger partial charge < -0.3 is 10.6 Å². The molecule has 0 fully saturated rings. The third-order valence-electron chi connectivity index (χ3n) is 1.66. The Balaban J connectivity index is 2.50. The fourth-order valence-corrected chi connectivity index (χ4v) is 0.945. The number of rotatable bonds is 4. The first-order chi connectivity index (χ1) is 7.24. The molecule has 0 saturated heterocycles. The van der Waals surface area contributed by atoms with Crippen LogP contribution in [0.15, 0.2) is 36.8 Å². The molecule has 0 aliphatic carbocycles. The van der Waals surface area contributed by atoms with Crippen molar-refractivity contribution in [3.05, 3.63) is 47.6 Å². The molecule has 1 amide bonds. The standard InChI is InChI=1S/C10H13N3O2/c1-2-3-6-11-12-10(14)9-5-4-7-13(15)8-9/h3-8,11H,2H2,1H3,(H,12,14)/b6-3-. The number of hydrogen-bond acceptors (Lipinski definition) is 3. The van der Waals surface area contributed by atoms with Crippen LogP contribution in [0.3, 0.4) is 0 Å². The van der Waals surface area contributed by atoms with E-state index < -0.39 is 0 Å². The quantitative estimate of drug-likeness (QED) is 0.428. The van der Waals surface area contributed by atoms with Crippen molar-refractivity contribution in [2.75, 3.05) is 0 Å². The van der Waals surface area contributed by atoms with Crippen LogP contribution in [0.5, 0.6) is 0 Å². The average molecular weight is 207 g/mol. The van der Waals surface area contributed by atoms with Crippen molar-refractivity contribution in [3.63, 3.8) is 0 Å². The summed E-state index contributed by atoms with van der Waals surface area (Å²) in [4.78, 5) is 11.4. The highest BCUT2D eigenvalue weighted by atomic mass is 16.5. The summed E-state index contributed by atoms with van der Waals surface area (Å²) in [6, 6.07) is 3.08. The summed E-state index contributed by atoms with van der Waals surface area (Å²) in [5.41, 5.74) is 5.36. The number of hydrazine groups is 1. The van der Waals surface area contributed by atoms with E-state index in [9.17, 15) is 10.0 Å². The zero-order chi connectivity index (χ0) is 11.1. The van der Waals surface area contributed by atoms with Crippen molar-refractivity contribution in [3.8, 4) is 0 Å². The number of amides is 1. The van der Waals surface area contributed by atoms with Crippen molar-refractivity contribution in [1.82, 2.24) is 10.9 Å². The topological polar surface area (TPSA) is 68.1 Å². The molecule has 0 bridgehead atoms. The van der Waals surface area contributed by atoms with Gasteiger partial charge in [-0.15, -0.1) is 0 Å². The Bertz CT molecular complexity index is 363. The summed E-state index contributed by atoms with van der Waals surface area (Å²) in [5.74, 6) is -0.346. The molecule has 1 heterocycles. The van der Waals surface area contributed by atoms with E-state index in [1.54, 1.807) is 12.3 Å². The van der Waals surface area contributed by atoms with Gasteiger partial charge in [-0.25, -0.2) is 0 Å². The zero-order valence-electron chi connectivity index (χ0n) is 8.43. The molecule has 0 spiro atoms. The molecule has 0 aliphatic heterocycles. The number of carbonyl (C=O) groups excluding carboxylic acids is 1. The van der Waals surface area contributed by atoms with Crippen LogP contribution < -0.4 is 15.6 Å². The Labute approximate surface area is 88.0 Å². The summed E-state index contributed by atoms with van der Waals surface area (Å²) >= 11 is 0. The molecule has 0 aromatic carbocycles. The lowest BCUT2D eigenvalue weighted by Gasteiger charge is -2.03. The molecule has 5 heteroatoms. The van der Waals surface area contributed by atoms with Gasteiger partial charge in [0.25, 0.3) is 5.91 Å². The van der Waals surface area contributed by atoms with E-state index >= 15 is 0 Å². The van der Waals surface area contributed by atoms with E-state index in [2.05, 4.69) is 10.9 Å². The van der Waals surface area contributed by atoms with Gasteiger partial charge in [0.2, 0.25) is 0 Å². The fourth-order valence-electron chi connectivity index (χ4n) is 0.945. The lowest BCUT2D eigenvalue weighted by Crippen LogP contribution is -2.35. The Hall–Kier alpha value is -2.04. The van der Waals surface area contributed by atoms with E-state index in [4.69, 9.17) is 0 Å². The molecule has 0 aliphatic rings. The third-order valence-corrected chi connectivity index (χ3v) is 1.66. The van der Waals surface area contributed by atoms with Gasteiger partial charge in [0, 0.05) is 12.3 Å². The highest BCUT2D eigenvalue weighted by Crippen LogP contribution is 1.92. The molecule has 2 N–H and O–H groups in total. The van der Waals surface area contributed by atoms with Gasteiger partial charge in [-0.2, -0.15) is 4.73 Å². The largest absolute Gasteiger partial charge is 0.619 e. The van der Waals surface area contributed by atoms with Crippen molar-refractivity contribution in [2.45, 2.75) is 13.3 Å². The molecule has 5 nitrogen and oxygen atoms in total. The van der Waals surface area contributed by atoms with Crippen molar-refractivity contribution < 1.29 is 9.52 Å². The van der Waals surface area contributed by atoms with Gasteiger partial charge in [-0.05, 0) is 12.5 Å². The van der Waals surface area contributed by atoms with Gasteiger partial charge >= 0.3 is 0 Å². The van der Waals surface area contributed by atoms with Gasteiger partial charge in [0.05, 0.1) is 0 Å². The molecule has 1 aromatic rings. The van der Waals surface area contributed by atoms with E-state index in [0.717, 1.165) is 6.42 Å². The van der Waals surface area contributed by atoms with Crippen LogP contribution in [0, 0.1) is 5.21 Å². The van der Waals surface area contributed by atoms with Crippen LogP contribution in [0.4, 0.5) is 0 Å². The van der Waals surface area contributed by atoms with Crippen LogP contribution in [-0.2, 0) is 0 Å². The van der Waals surface area contributed by atoms with Gasteiger partial charge in [-0.3, -0.25) is 10.2 Å². The Kier molecular flexibility index (Phi) is 4.15. The zero-order valence-corrected chi connectivity index (χ0v) is 8.43. The van der Waals surface area contributed by atoms with Crippen LogP contribution in [-0.4, -0.2) is 5.91 Å². The summed E-state index contributed by atoms with van der Waals surface area (Å²) < 4.78 is 0.580. The second-order valence-electron chi connectivity index (χ2n) is 2.86. The highest BCUT2D eigenvalue weighted by molar-refractivity contribution is 5.93. The maximum absolute atomic E-state index is 11.4. The SMILES string of the molecule is CC/C=C\NNC(=O)c1ccc[n+]([O-])c1. The van der Waals surface area contributed by atoms with Crippen molar-refractivity contribution >= 4 is 5.91 Å². The highest BCUT2D eigenvalue weighted by Gasteiger charge is 2.06. The second-order valence-corrected chi connectivity index (χ2v) is 2.86. The molecular formula is C10H13N3O2. The number of aromatic nitrogens is 1. The van der Waals surface area contributed by atoms with Crippen LogP contribution in [0.25, 0.3) is 0 Å². The van der Waals surface area contributed by atoms with Crippen molar-refractivity contribution in [1.29, 1.82) is 0 Å².